The molecule has 2 heterocycles. The summed E-state index contributed by atoms with van der Waals surface area (Å²) in [6.45, 7) is 6.65. The number of hydrogen-bond donors (Lipinski definition) is 2. The maximum absolute atomic E-state index is 12.5. The Morgan fingerprint density at radius 3 is 2.36 bits per heavy atom. The summed E-state index contributed by atoms with van der Waals surface area (Å²) >= 11 is 0. The summed E-state index contributed by atoms with van der Waals surface area (Å²) in [5.41, 5.74) is -0.0293. The predicted molar refractivity (Wildman–Crippen MR) is 85.2 cm³/mol. The van der Waals surface area contributed by atoms with Gasteiger partial charge in [-0.25, -0.2) is 4.79 Å². The average molecular weight is 309 g/mol. The molecule has 0 bridgehead atoms. The van der Waals surface area contributed by atoms with E-state index < -0.39 is 11.8 Å². The van der Waals surface area contributed by atoms with Gasteiger partial charge in [0.15, 0.2) is 11.2 Å². The van der Waals surface area contributed by atoms with Crippen molar-refractivity contribution < 1.29 is 5.11 Å². The average Bonchev–Trinajstić information content (AvgIpc) is 2.78. The van der Waals surface area contributed by atoms with E-state index in [9.17, 15) is 14.7 Å². The third kappa shape index (κ3) is 2.78. The molecule has 2 rings (SSSR count). The molecule has 8 heteroatoms. The number of aromatic nitrogens is 4. The highest BCUT2D eigenvalue weighted by atomic mass is 16.3. The van der Waals surface area contributed by atoms with Crippen molar-refractivity contribution >= 4 is 17.1 Å². The zero-order valence-corrected chi connectivity index (χ0v) is 13.6. The van der Waals surface area contributed by atoms with Crippen molar-refractivity contribution in [1.82, 2.24) is 18.7 Å². The molecular formula is C14H23N5O3. The summed E-state index contributed by atoms with van der Waals surface area (Å²) in [6, 6.07) is 0. The van der Waals surface area contributed by atoms with Gasteiger partial charge in [-0.15, -0.1) is 0 Å². The first-order valence-electron chi connectivity index (χ1n) is 7.32. The molecule has 0 aliphatic heterocycles. The van der Waals surface area contributed by atoms with E-state index in [1.165, 1.54) is 11.6 Å². The Kier molecular flexibility index (Phi) is 4.41. The number of aliphatic hydroxyl groups excluding tert-OH is 1. The van der Waals surface area contributed by atoms with E-state index in [4.69, 9.17) is 0 Å². The summed E-state index contributed by atoms with van der Waals surface area (Å²) in [7, 11) is 3.05. The smallest absolute Gasteiger partial charge is 0.332 e. The van der Waals surface area contributed by atoms with E-state index in [2.05, 4.69) is 10.3 Å². The first-order valence-corrected chi connectivity index (χ1v) is 7.32. The zero-order chi connectivity index (χ0) is 16.6. The van der Waals surface area contributed by atoms with Crippen LogP contribution >= 0.6 is 0 Å². The Hall–Kier alpha value is -2.09. The van der Waals surface area contributed by atoms with Crippen LogP contribution in [0.25, 0.3) is 11.2 Å². The van der Waals surface area contributed by atoms with Gasteiger partial charge in [0.1, 0.15) is 0 Å². The molecule has 0 aliphatic rings. The molecule has 0 aliphatic carbocycles. The van der Waals surface area contributed by atoms with E-state index in [1.807, 2.05) is 13.8 Å². The molecule has 0 spiro atoms. The maximum atomic E-state index is 12.5. The molecule has 0 fully saturated rings. The number of anilines is 1. The van der Waals surface area contributed by atoms with Crippen LogP contribution < -0.4 is 16.6 Å². The van der Waals surface area contributed by atoms with Crippen LogP contribution in [-0.4, -0.2) is 36.4 Å². The fourth-order valence-electron chi connectivity index (χ4n) is 2.36. The van der Waals surface area contributed by atoms with E-state index in [0.717, 1.165) is 4.57 Å². The van der Waals surface area contributed by atoms with Crippen LogP contribution in [0.1, 0.15) is 20.8 Å². The Morgan fingerprint density at radius 1 is 1.18 bits per heavy atom. The molecule has 0 saturated heterocycles. The summed E-state index contributed by atoms with van der Waals surface area (Å²) in [5, 5.41) is 12.5. The van der Waals surface area contributed by atoms with Crippen molar-refractivity contribution in [3.8, 4) is 0 Å². The molecule has 1 atom stereocenters. The summed E-state index contributed by atoms with van der Waals surface area (Å²) < 4.78 is 4.23. The van der Waals surface area contributed by atoms with Gasteiger partial charge in [-0.05, 0) is 12.8 Å². The molecule has 0 amide bonds. The highest BCUT2D eigenvalue weighted by Gasteiger charge is 2.19. The van der Waals surface area contributed by atoms with Crippen LogP contribution in [0.4, 0.5) is 5.95 Å². The van der Waals surface area contributed by atoms with E-state index in [-0.39, 0.29) is 5.56 Å². The van der Waals surface area contributed by atoms with Crippen molar-refractivity contribution in [1.29, 1.82) is 0 Å². The number of aryl methyl sites for hydroxylation is 1. The number of rotatable bonds is 5. The second kappa shape index (κ2) is 5.96. The molecule has 0 saturated carbocycles. The van der Waals surface area contributed by atoms with Gasteiger partial charge in [-0.1, -0.05) is 13.8 Å². The molecule has 8 nitrogen and oxygen atoms in total. The highest BCUT2D eigenvalue weighted by Crippen LogP contribution is 2.17. The lowest BCUT2D eigenvalue weighted by Crippen LogP contribution is -2.37. The van der Waals surface area contributed by atoms with Crippen LogP contribution in [-0.2, 0) is 20.6 Å². The molecule has 0 radical (unpaired) electrons. The van der Waals surface area contributed by atoms with Crippen molar-refractivity contribution in [2.75, 3.05) is 11.9 Å². The molecule has 0 aromatic carbocycles. The summed E-state index contributed by atoms with van der Waals surface area (Å²) in [6.07, 6.45) is -0.543. The quantitative estimate of drug-likeness (QED) is 0.803. The number of fused-ring (bicyclic) bond motifs is 1. The number of hydrogen-bond acceptors (Lipinski definition) is 5. The van der Waals surface area contributed by atoms with Gasteiger partial charge in [-0.2, -0.15) is 4.98 Å². The van der Waals surface area contributed by atoms with Gasteiger partial charge in [0.05, 0.1) is 6.10 Å². The first-order chi connectivity index (χ1) is 10.2. The van der Waals surface area contributed by atoms with E-state index in [1.54, 1.807) is 18.5 Å². The minimum absolute atomic E-state index is 0.298. The second-order valence-corrected chi connectivity index (χ2v) is 6.05. The SMILES string of the molecule is CC(C)Cn1c(NC[C@@H](C)O)nc2c1c(=O)n(C)c(=O)n2C. The molecule has 0 unspecified atom stereocenters. The monoisotopic (exact) mass is 309 g/mol. The topological polar surface area (TPSA) is 94.1 Å². The van der Waals surface area contributed by atoms with Crippen molar-refractivity contribution in [3.63, 3.8) is 0 Å². The van der Waals surface area contributed by atoms with Crippen molar-refractivity contribution in [3.05, 3.63) is 20.8 Å². The Bertz CT molecular complexity index is 797. The standard InChI is InChI=1S/C14H23N5O3/c1-8(2)7-19-10-11(16-13(19)15-6-9(3)20)17(4)14(22)18(5)12(10)21/h8-9,20H,6-7H2,1-5H3,(H,15,16)/t9-/m1/s1. The molecule has 122 valence electrons. The lowest BCUT2D eigenvalue weighted by molar-refractivity contribution is 0.208. The highest BCUT2D eigenvalue weighted by molar-refractivity contribution is 5.74. The number of nitrogens with one attached hydrogen (secondary N) is 1. The Labute approximate surface area is 128 Å². The minimum Gasteiger partial charge on any atom is -0.392 e. The number of aliphatic hydroxyl groups is 1. The normalized spacial score (nSPS) is 13.0. The predicted octanol–water partition coefficient (Wildman–Crippen LogP) is -0.118. The van der Waals surface area contributed by atoms with E-state index in [0.29, 0.717) is 36.1 Å². The van der Waals surface area contributed by atoms with Crippen LogP contribution in [0.2, 0.25) is 0 Å². The molecule has 2 aromatic heterocycles. The van der Waals surface area contributed by atoms with Crippen molar-refractivity contribution in [2.45, 2.75) is 33.4 Å². The molecule has 2 N–H and O–H groups in total. The van der Waals surface area contributed by atoms with Gasteiger partial charge in [0, 0.05) is 27.2 Å². The lowest BCUT2D eigenvalue weighted by atomic mass is 10.2. The molecule has 22 heavy (non-hydrogen) atoms. The molecular weight excluding hydrogens is 286 g/mol. The Morgan fingerprint density at radius 2 is 1.82 bits per heavy atom. The van der Waals surface area contributed by atoms with E-state index >= 15 is 0 Å². The van der Waals surface area contributed by atoms with Crippen molar-refractivity contribution in [2.24, 2.45) is 20.0 Å². The Balaban J connectivity index is 2.75. The largest absolute Gasteiger partial charge is 0.392 e. The number of nitrogens with zero attached hydrogens (tertiary/aromatic N) is 4. The van der Waals surface area contributed by atoms with Crippen LogP contribution in [0, 0.1) is 5.92 Å². The van der Waals surface area contributed by atoms with Gasteiger partial charge >= 0.3 is 5.69 Å². The van der Waals surface area contributed by atoms with Gasteiger partial charge < -0.3 is 15.0 Å². The third-order valence-corrected chi connectivity index (χ3v) is 3.45. The van der Waals surface area contributed by atoms with Crippen LogP contribution in [0.5, 0.6) is 0 Å². The van der Waals surface area contributed by atoms with Gasteiger partial charge in [0.2, 0.25) is 5.95 Å². The maximum Gasteiger partial charge on any atom is 0.332 e. The fraction of sp³-hybridized carbons (Fsp3) is 0.643. The summed E-state index contributed by atoms with van der Waals surface area (Å²) in [5.74, 6) is 0.786. The third-order valence-electron chi connectivity index (χ3n) is 3.45. The van der Waals surface area contributed by atoms with Crippen LogP contribution in [0.15, 0.2) is 9.59 Å². The van der Waals surface area contributed by atoms with Crippen LogP contribution in [0.3, 0.4) is 0 Å². The van der Waals surface area contributed by atoms with Gasteiger partial charge in [-0.3, -0.25) is 13.9 Å². The lowest BCUT2D eigenvalue weighted by Gasteiger charge is -2.13. The molecule has 2 aromatic rings. The first kappa shape index (κ1) is 16.3. The number of imidazole rings is 1. The second-order valence-electron chi connectivity index (χ2n) is 6.05. The minimum atomic E-state index is -0.543. The van der Waals surface area contributed by atoms with Gasteiger partial charge in [0.25, 0.3) is 5.56 Å². The fourth-order valence-corrected chi connectivity index (χ4v) is 2.36. The zero-order valence-electron chi connectivity index (χ0n) is 13.6. The summed E-state index contributed by atoms with van der Waals surface area (Å²) in [4.78, 5) is 28.9.